The van der Waals surface area contributed by atoms with E-state index in [-0.39, 0.29) is 29.8 Å². The second kappa shape index (κ2) is 9.43. The minimum atomic E-state index is -3.10. The van der Waals surface area contributed by atoms with Crippen LogP contribution in [0.5, 0.6) is 5.75 Å². The summed E-state index contributed by atoms with van der Waals surface area (Å²) in [6, 6.07) is 5.19. The molecule has 0 radical (unpaired) electrons. The Morgan fingerprint density at radius 1 is 1.12 bits per heavy atom. The van der Waals surface area contributed by atoms with Gasteiger partial charge in [-0.2, -0.15) is 8.78 Å². The molecule has 0 aliphatic rings. The van der Waals surface area contributed by atoms with E-state index in [0.717, 1.165) is 0 Å². The first kappa shape index (κ1) is 19.3. The predicted molar refractivity (Wildman–Crippen MR) is 79.6 cm³/mol. The zero-order valence-electron chi connectivity index (χ0n) is 13.2. The number of para-hydroxylation sites is 1. The van der Waals surface area contributed by atoms with Gasteiger partial charge < -0.3 is 20.1 Å². The van der Waals surface area contributed by atoms with Gasteiger partial charge in [0, 0.05) is 6.04 Å². The van der Waals surface area contributed by atoms with Crippen molar-refractivity contribution in [2.75, 3.05) is 13.2 Å². The van der Waals surface area contributed by atoms with Gasteiger partial charge in [-0.1, -0.05) is 12.1 Å². The molecule has 2 amide bonds. The van der Waals surface area contributed by atoms with Crippen LogP contribution < -0.4 is 15.4 Å². The lowest BCUT2D eigenvalue weighted by atomic mass is 10.2. The third-order valence-electron chi connectivity index (χ3n) is 2.55. The maximum Gasteiger partial charge on any atom is 0.387 e. The zero-order valence-corrected chi connectivity index (χ0v) is 13.2. The molecule has 0 spiro atoms. The molecule has 0 aliphatic heterocycles. The average molecular weight is 344 g/mol. The van der Waals surface area contributed by atoms with Gasteiger partial charge in [-0.3, -0.25) is 9.59 Å². The molecule has 7 nitrogen and oxygen atoms in total. The van der Waals surface area contributed by atoms with Crippen molar-refractivity contribution in [1.82, 2.24) is 10.6 Å². The fourth-order valence-corrected chi connectivity index (χ4v) is 1.65. The van der Waals surface area contributed by atoms with Crippen LogP contribution in [-0.4, -0.2) is 43.6 Å². The molecule has 0 aromatic heterocycles. The van der Waals surface area contributed by atoms with E-state index in [1.54, 1.807) is 13.8 Å². The second-order valence-electron chi connectivity index (χ2n) is 4.95. The Morgan fingerprint density at radius 3 is 2.42 bits per heavy atom. The van der Waals surface area contributed by atoms with Crippen LogP contribution in [0, 0.1) is 0 Å². The smallest absolute Gasteiger partial charge is 0.387 e. The topological polar surface area (TPSA) is 93.7 Å². The van der Waals surface area contributed by atoms with Crippen molar-refractivity contribution in [3.05, 3.63) is 29.8 Å². The highest BCUT2D eigenvalue weighted by molar-refractivity contribution is 5.94. The highest BCUT2D eigenvalue weighted by Crippen LogP contribution is 2.20. The molecule has 0 atom stereocenters. The second-order valence-corrected chi connectivity index (χ2v) is 4.95. The Labute approximate surface area is 137 Å². The molecule has 0 heterocycles. The van der Waals surface area contributed by atoms with Crippen LogP contribution in [0.25, 0.3) is 0 Å². The molecule has 1 aromatic carbocycles. The molecule has 0 aliphatic carbocycles. The summed E-state index contributed by atoms with van der Waals surface area (Å²) in [5, 5.41) is 4.83. The van der Waals surface area contributed by atoms with Crippen molar-refractivity contribution < 1.29 is 32.6 Å². The molecule has 0 saturated carbocycles. The highest BCUT2D eigenvalue weighted by atomic mass is 19.3. The Hall–Kier alpha value is -2.71. The van der Waals surface area contributed by atoms with Crippen molar-refractivity contribution in [2.24, 2.45) is 0 Å². The summed E-state index contributed by atoms with van der Waals surface area (Å²) in [4.78, 5) is 34.7. The number of esters is 1. The van der Waals surface area contributed by atoms with Gasteiger partial charge in [-0.15, -0.1) is 0 Å². The average Bonchev–Trinajstić information content (AvgIpc) is 2.50. The number of carbonyl (C=O) groups excluding carboxylic acids is 3. The lowest BCUT2D eigenvalue weighted by Crippen LogP contribution is -2.41. The number of hydrogen-bond donors (Lipinski definition) is 2. The Kier molecular flexibility index (Phi) is 7.60. The van der Waals surface area contributed by atoms with Crippen LogP contribution in [0.1, 0.15) is 24.2 Å². The van der Waals surface area contributed by atoms with E-state index in [9.17, 15) is 23.2 Å². The largest absolute Gasteiger partial charge is 0.452 e. The van der Waals surface area contributed by atoms with Gasteiger partial charge in [-0.25, -0.2) is 4.79 Å². The number of amides is 2. The normalized spacial score (nSPS) is 10.4. The number of rotatable bonds is 8. The SMILES string of the molecule is CC(C)NC(=O)CNC(=O)COC(=O)c1ccccc1OC(F)F. The zero-order chi connectivity index (χ0) is 18.1. The number of carbonyl (C=O) groups is 3. The molecule has 1 aromatic rings. The molecule has 2 N–H and O–H groups in total. The van der Waals surface area contributed by atoms with Gasteiger partial charge in [0.15, 0.2) is 6.61 Å². The summed E-state index contributed by atoms with van der Waals surface area (Å²) in [6.45, 7) is -0.487. The highest BCUT2D eigenvalue weighted by Gasteiger charge is 2.17. The maximum atomic E-state index is 12.3. The summed E-state index contributed by atoms with van der Waals surface area (Å²) in [7, 11) is 0. The fraction of sp³-hybridized carbons (Fsp3) is 0.400. The van der Waals surface area contributed by atoms with Gasteiger partial charge in [0.05, 0.1) is 6.54 Å². The minimum Gasteiger partial charge on any atom is -0.452 e. The fourth-order valence-electron chi connectivity index (χ4n) is 1.65. The third kappa shape index (κ3) is 7.03. The molecule has 24 heavy (non-hydrogen) atoms. The summed E-state index contributed by atoms with van der Waals surface area (Å²) in [5.74, 6) is -2.43. The monoisotopic (exact) mass is 344 g/mol. The molecule has 0 saturated heterocycles. The number of benzene rings is 1. The van der Waals surface area contributed by atoms with Crippen molar-refractivity contribution in [3.8, 4) is 5.75 Å². The van der Waals surface area contributed by atoms with Gasteiger partial charge >= 0.3 is 12.6 Å². The first-order valence-electron chi connectivity index (χ1n) is 7.06. The molecule has 132 valence electrons. The van der Waals surface area contributed by atoms with Crippen LogP contribution in [-0.2, 0) is 14.3 Å². The van der Waals surface area contributed by atoms with E-state index in [4.69, 9.17) is 4.74 Å². The maximum absolute atomic E-state index is 12.3. The van der Waals surface area contributed by atoms with Crippen LogP contribution in [0.15, 0.2) is 24.3 Å². The number of nitrogens with one attached hydrogen (secondary N) is 2. The lowest BCUT2D eigenvalue weighted by Gasteiger charge is -2.11. The molecule has 1 rings (SSSR count). The number of alkyl halides is 2. The number of hydrogen-bond acceptors (Lipinski definition) is 5. The van der Waals surface area contributed by atoms with Crippen molar-refractivity contribution >= 4 is 17.8 Å². The van der Waals surface area contributed by atoms with E-state index < -0.39 is 25.1 Å². The third-order valence-corrected chi connectivity index (χ3v) is 2.55. The first-order valence-corrected chi connectivity index (χ1v) is 7.06. The predicted octanol–water partition coefficient (Wildman–Crippen LogP) is 1.09. The van der Waals surface area contributed by atoms with Crippen LogP contribution in [0.2, 0.25) is 0 Å². The summed E-state index contributed by atoms with van der Waals surface area (Å²) in [5.41, 5.74) is -0.233. The number of halogens is 2. The van der Waals surface area contributed by atoms with E-state index >= 15 is 0 Å². The van der Waals surface area contributed by atoms with E-state index in [1.807, 2.05) is 0 Å². The Balaban J connectivity index is 2.49. The van der Waals surface area contributed by atoms with Gasteiger partial charge in [0.25, 0.3) is 5.91 Å². The lowest BCUT2D eigenvalue weighted by molar-refractivity contribution is -0.128. The van der Waals surface area contributed by atoms with Gasteiger partial charge in [0.2, 0.25) is 5.91 Å². The van der Waals surface area contributed by atoms with E-state index in [1.165, 1.54) is 24.3 Å². The van der Waals surface area contributed by atoms with E-state index in [2.05, 4.69) is 15.4 Å². The Morgan fingerprint density at radius 2 is 1.79 bits per heavy atom. The standard InChI is InChI=1S/C15H18F2N2O5/c1-9(2)19-12(20)7-18-13(21)8-23-14(22)10-5-3-4-6-11(10)24-15(16)17/h3-6,9,15H,7-8H2,1-2H3,(H,18,21)(H,19,20). The first-order chi connectivity index (χ1) is 11.3. The van der Waals surface area contributed by atoms with E-state index in [0.29, 0.717) is 0 Å². The van der Waals surface area contributed by atoms with Crippen molar-refractivity contribution in [1.29, 1.82) is 0 Å². The molecule has 0 unspecified atom stereocenters. The Bertz CT molecular complexity index is 593. The summed E-state index contributed by atoms with van der Waals surface area (Å²) in [6.07, 6.45) is 0. The molecule has 9 heteroatoms. The molecular weight excluding hydrogens is 326 g/mol. The molecule has 0 bridgehead atoms. The van der Waals surface area contributed by atoms with Crippen molar-refractivity contribution in [3.63, 3.8) is 0 Å². The van der Waals surface area contributed by atoms with Gasteiger partial charge in [0.1, 0.15) is 11.3 Å². The number of ether oxygens (including phenoxy) is 2. The molecule has 0 fully saturated rings. The van der Waals surface area contributed by atoms with Crippen molar-refractivity contribution in [2.45, 2.75) is 26.5 Å². The van der Waals surface area contributed by atoms with Crippen LogP contribution >= 0.6 is 0 Å². The minimum absolute atomic E-state index is 0.0708. The summed E-state index contributed by atoms with van der Waals surface area (Å²) >= 11 is 0. The molecular formula is C15H18F2N2O5. The summed E-state index contributed by atoms with van der Waals surface area (Å²) < 4.78 is 33.5. The van der Waals surface area contributed by atoms with Crippen LogP contribution in [0.3, 0.4) is 0 Å². The van der Waals surface area contributed by atoms with Gasteiger partial charge in [-0.05, 0) is 26.0 Å². The quantitative estimate of drug-likeness (QED) is 0.689. The van der Waals surface area contributed by atoms with Crippen LogP contribution in [0.4, 0.5) is 8.78 Å².